The lowest BCUT2D eigenvalue weighted by molar-refractivity contribution is -0.140. The van der Waals surface area contributed by atoms with Crippen molar-refractivity contribution in [2.75, 3.05) is 25.6 Å². The average Bonchev–Trinajstić information content (AvgIpc) is 2.96. The van der Waals surface area contributed by atoms with E-state index in [4.69, 9.17) is 15.2 Å². The Balaban J connectivity index is 0.000000612. The Morgan fingerprint density at radius 1 is 0.810 bits per heavy atom. The number of nitrogens with zero attached hydrogens (tertiary/aromatic N) is 1. The fraction of sp³-hybridized carbons (Fsp3) is 0.265. The van der Waals surface area contributed by atoms with Crippen LogP contribution in [0, 0.1) is 20.8 Å². The molecule has 2 N–H and O–H groups in total. The first kappa shape index (κ1) is 30.1. The minimum absolute atomic E-state index is 0.146. The van der Waals surface area contributed by atoms with E-state index < -0.39 is 0 Å². The first-order valence-electron chi connectivity index (χ1n) is 13.8. The van der Waals surface area contributed by atoms with Crippen molar-refractivity contribution in [1.82, 2.24) is 4.90 Å². The van der Waals surface area contributed by atoms with Gasteiger partial charge in [-0.3, -0.25) is 19.3 Å². The number of nitrogens with two attached hydrogens (primary N) is 1. The largest absolute Gasteiger partial charge is 0.490 e. The second kappa shape index (κ2) is 13.2. The van der Waals surface area contributed by atoms with E-state index in [9.17, 15) is 14.4 Å². The Kier molecular flexibility index (Phi) is 9.47. The highest BCUT2D eigenvalue weighted by atomic mass is 16.5. The van der Waals surface area contributed by atoms with E-state index in [0.29, 0.717) is 47.8 Å². The third-order valence-electron chi connectivity index (χ3n) is 6.91. The zero-order valence-corrected chi connectivity index (χ0v) is 24.7. The Bertz CT molecular complexity index is 1620. The summed E-state index contributed by atoms with van der Waals surface area (Å²) in [5.41, 5.74) is 11.6. The third-order valence-corrected chi connectivity index (χ3v) is 6.91. The molecule has 42 heavy (non-hydrogen) atoms. The number of benzene rings is 4. The van der Waals surface area contributed by atoms with Gasteiger partial charge in [-0.05, 0) is 80.3 Å². The first-order valence-corrected chi connectivity index (χ1v) is 13.8. The predicted molar refractivity (Wildman–Crippen MR) is 163 cm³/mol. The summed E-state index contributed by atoms with van der Waals surface area (Å²) in [6.45, 7) is 10.6. The molecule has 8 nitrogen and oxygen atoms in total. The van der Waals surface area contributed by atoms with Gasteiger partial charge in [0.05, 0.1) is 13.2 Å². The van der Waals surface area contributed by atoms with Gasteiger partial charge in [0.25, 0.3) is 11.8 Å². The predicted octanol–water partition coefficient (Wildman–Crippen LogP) is 6.17. The minimum Gasteiger partial charge on any atom is -0.490 e. The Hall–Kier alpha value is -4.85. The molecule has 0 unspecified atom stereocenters. The van der Waals surface area contributed by atoms with Crippen LogP contribution in [0.1, 0.15) is 56.8 Å². The maximum atomic E-state index is 13.3. The van der Waals surface area contributed by atoms with Crippen molar-refractivity contribution in [2.45, 2.75) is 41.2 Å². The maximum absolute atomic E-state index is 13.3. The summed E-state index contributed by atoms with van der Waals surface area (Å²) < 4.78 is 16.3. The molecule has 4 aromatic carbocycles. The molecule has 0 radical (unpaired) electrons. The second-order valence-corrected chi connectivity index (χ2v) is 10.1. The van der Waals surface area contributed by atoms with Crippen LogP contribution in [0.5, 0.6) is 11.5 Å². The molecule has 4 aromatic rings. The third kappa shape index (κ3) is 6.71. The van der Waals surface area contributed by atoms with Crippen LogP contribution in [0.25, 0.3) is 10.8 Å². The molecule has 0 atom stereocenters. The Morgan fingerprint density at radius 2 is 1.43 bits per heavy atom. The molecular formula is C34H36N2O6. The Morgan fingerprint density at radius 3 is 2.05 bits per heavy atom. The Labute approximate surface area is 246 Å². The fourth-order valence-corrected chi connectivity index (χ4v) is 4.76. The van der Waals surface area contributed by atoms with Crippen molar-refractivity contribution in [2.24, 2.45) is 0 Å². The average molecular weight is 569 g/mol. The van der Waals surface area contributed by atoms with Crippen molar-refractivity contribution in [3.63, 3.8) is 0 Å². The summed E-state index contributed by atoms with van der Waals surface area (Å²) in [5, 5.41) is 1.35. The zero-order valence-electron chi connectivity index (χ0n) is 24.7. The summed E-state index contributed by atoms with van der Waals surface area (Å²) in [6.07, 6.45) is 0. The number of hydrogen-bond acceptors (Lipinski definition) is 7. The standard InChI is InChI=1S/C30H28N2O4.C4H8O2/c1-18-7-8-19(2)26(15-18)35-13-14-36-27-16-21(10-9-20(27)3)17-32-29(33)23-6-4-5-22-25(31)12-11-24(28(22)23)30(32)34;1-3-6-4(2)5/h4-12,15-16H,13-14,17,31H2,1-3H3;3H2,1-2H3. The number of nitrogen functional groups attached to an aromatic ring is 1. The molecule has 0 fully saturated rings. The SMILES string of the molecule is CCOC(C)=O.Cc1ccc(C)c(OCCOc2cc(CN3C(=O)c4cccc5c(N)ccc(c45)C3=O)ccc2C)c1. The van der Waals surface area contributed by atoms with Gasteiger partial charge in [0.2, 0.25) is 0 Å². The summed E-state index contributed by atoms with van der Waals surface area (Å²) in [4.78, 5) is 37.7. The monoisotopic (exact) mass is 568 g/mol. The van der Waals surface area contributed by atoms with Crippen LogP contribution in [-0.2, 0) is 16.1 Å². The molecule has 0 aromatic heterocycles. The van der Waals surface area contributed by atoms with Gasteiger partial charge >= 0.3 is 5.97 Å². The van der Waals surface area contributed by atoms with Crippen LogP contribution in [0.4, 0.5) is 5.69 Å². The van der Waals surface area contributed by atoms with Gasteiger partial charge in [0.15, 0.2) is 0 Å². The van der Waals surface area contributed by atoms with Gasteiger partial charge < -0.3 is 19.9 Å². The van der Waals surface area contributed by atoms with Crippen molar-refractivity contribution in [3.8, 4) is 11.5 Å². The van der Waals surface area contributed by atoms with Crippen molar-refractivity contribution in [3.05, 3.63) is 100 Å². The van der Waals surface area contributed by atoms with E-state index in [1.807, 2.05) is 57.2 Å². The molecule has 2 amide bonds. The molecule has 0 spiro atoms. The lowest BCUT2D eigenvalue weighted by atomic mass is 9.93. The number of rotatable bonds is 8. The van der Waals surface area contributed by atoms with E-state index in [-0.39, 0.29) is 24.3 Å². The van der Waals surface area contributed by atoms with Crippen LogP contribution >= 0.6 is 0 Å². The summed E-state index contributed by atoms with van der Waals surface area (Å²) in [7, 11) is 0. The summed E-state index contributed by atoms with van der Waals surface area (Å²) >= 11 is 0. The topological polar surface area (TPSA) is 108 Å². The van der Waals surface area contributed by atoms with Crippen LogP contribution in [0.3, 0.4) is 0 Å². The van der Waals surface area contributed by atoms with Crippen molar-refractivity contribution >= 4 is 34.2 Å². The van der Waals surface area contributed by atoms with E-state index in [2.05, 4.69) is 10.8 Å². The number of carbonyl (C=O) groups is 3. The molecule has 1 aliphatic heterocycles. The number of ether oxygens (including phenoxy) is 3. The van der Waals surface area contributed by atoms with Crippen LogP contribution < -0.4 is 15.2 Å². The van der Waals surface area contributed by atoms with Crippen LogP contribution in [0.2, 0.25) is 0 Å². The molecule has 8 heteroatoms. The summed E-state index contributed by atoms with van der Waals surface area (Å²) in [5.74, 6) is 0.687. The molecule has 218 valence electrons. The molecule has 0 saturated heterocycles. The number of carbonyl (C=O) groups excluding carboxylic acids is 3. The van der Waals surface area contributed by atoms with Gasteiger partial charge in [-0.1, -0.05) is 36.4 Å². The number of amides is 2. The number of esters is 1. The second-order valence-electron chi connectivity index (χ2n) is 10.1. The highest BCUT2D eigenvalue weighted by Crippen LogP contribution is 2.34. The van der Waals surface area contributed by atoms with E-state index in [1.165, 1.54) is 11.8 Å². The van der Waals surface area contributed by atoms with Gasteiger partial charge in [-0.15, -0.1) is 0 Å². The fourth-order valence-electron chi connectivity index (χ4n) is 4.76. The molecule has 0 bridgehead atoms. The van der Waals surface area contributed by atoms with Gasteiger partial charge in [-0.2, -0.15) is 0 Å². The van der Waals surface area contributed by atoms with Crippen molar-refractivity contribution in [1.29, 1.82) is 0 Å². The van der Waals surface area contributed by atoms with Crippen LogP contribution in [-0.4, -0.2) is 42.5 Å². The lowest BCUT2D eigenvalue weighted by Crippen LogP contribution is -2.39. The van der Waals surface area contributed by atoms with E-state index in [1.54, 1.807) is 31.2 Å². The normalized spacial score (nSPS) is 12.1. The minimum atomic E-state index is -0.325. The molecule has 0 saturated carbocycles. The number of imide groups is 1. The number of aryl methyl sites for hydroxylation is 3. The van der Waals surface area contributed by atoms with E-state index in [0.717, 1.165) is 33.4 Å². The van der Waals surface area contributed by atoms with Gasteiger partial charge in [-0.25, -0.2) is 0 Å². The molecule has 0 aliphatic carbocycles. The molecule has 5 rings (SSSR count). The maximum Gasteiger partial charge on any atom is 0.302 e. The molecule has 1 aliphatic rings. The highest BCUT2D eigenvalue weighted by molar-refractivity contribution is 6.26. The number of anilines is 1. The van der Waals surface area contributed by atoms with Gasteiger partial charge in [0, 0.05) is 34.5 Å². The van der Waals surface area contributed by atoms with Crippen LogP contribution in [0.15, 0.2) is 66.7 Å². The number of hydrogen-bond donors (Lipinski definition) is 1. The smallest absolute Gasteiger partial charge is 0.302 e. The first-order chi connectivity index (χ1) is 20.1. The quantitative estimate of drug-likeness (QED) is 0.117. The zero-order chi connectivity index (χ0) is 30.4. The summed E-state index contributed by atoms with van der Waals surface area (Å²) in [6, 6.07) is 20.6. The molecule has 1 heterocycles. The van der Waals surface area contributed by atoms with Gasteiger partial charge in [0.1, 0.15) is 24.7 Å². The van der Waals surface area contributed by atoms with Crippen molar-refractivity contribution < 1.29 is 28.6 Å². The van der Waals surface area contributed by atoms with E-state index >= 15 is 0 Å². The molecular weight excluding hydrogens is 532 g/mol. The highest BCUT2D eigenvalue weighted by Gasteiger charge is 2.33. The lowest BCUT2D eigenvalue weighted by Gasteiger charge is -2.27.